The van der Waals surface area contributed by atoms with Gasteiger partial charge in [0.25, 0.3) is 5.91 Å². The van der Waals surface area contributed by atoms with E-state index >= 15 is 0 Å². The van der Waals surface area contributed by atoms with Crippen molar-refractivity contribution in [3.63, 3.8) is 0 Å². The van der Waals surface area contributed by atoms with Gasteiger partial charge < -0.3 is 14.8 Å². The molecule has 0 aliphatic rings. The number of benzene rings is 3. The molecular formula is C25H20BrClN4O3S. The Morgan fingerprint density at radius 1 is 1.06 bits per heavy atom. The van der Waals surface area contributed by atoms with Gasteiger partial charge in [0.1, 0.15) is 10.7 Å². The van der Waals surface area contributed by atoms with Crippen molar-refractivity contribution in [2.45, 2.75) is 0 Å². The second-order valence-electron chi connectivity index (χ2n) is 7.12. The van der Waals surface area contributed by atoms with Crippen LogP contribution >= 0.6 is 38.9 Å². The molecule has 0 saturated heterocycles. The van der Waals surface area contributed by atoms with Gasteiger partial charge in [0.15, 0.2) is 11.5 Å². The van der Waals surface area contributed by atoms with Gasteiger partial charge in [-0.2, -0.15) is 5.10 Å². The number of thiazole rings is 1. The number of nitrogens with zero attached hydrogens (tertiary/aromatic N) is 2. The third-order valence-electron chi connectivity index (χ3n) is 4.88. The number of nitrogens with one attached hydrogen (secondary N) is 2. The molecule has 0 aliphatic heterocycles. The number of aromatic nitrogens is 1. The minimum absolute atomic E-state index is 0.243. The molecule has 0 radical (unpaired) electrons. The van der Waals surface area contributed by atoms with E-state index in [1.165, 1.54) is 11.3 Å². The van der Waals surface area contributed by atoms with Gasteiger partial charge in [-0.15, -0.1) is 0 Å². The average molecular weight is 572 g/mol. The molecule has 4 aromatic rings. The predicted octanol–water partition coefficient (Wildman–Crippen LogP) is 6.94. The summed E-state index contributed by atoms with van der Waals surface area (Å²) in [6.45, 7) is 0. The predicted molar refractivity (Wildman–Crippen MR) is 145 cm³/mol. The lowest BCUT2D eigenvalue weighted by atomic mass is 10.1. The number of halogens is 2. The van der Waals surface area contributed by atoms with Gasteiger partial charge >= 0.3 is 0 Å². The summed E-state index contributed by atoms with van der Waals surface area (Å²) in [5, 5.41) is 8.96. The molecule has 0 aliphatic carbocycles. The molecule has 0 unspecified atom stereocenters. The van der Waals surface area contributed by atoms with Crippen LogP contribution in [0.3, 0.4) is 0 Å². The van der Waals surface area contributed by atoms with E-state index in [9.17, 15) is 4.79 Å². The Bertz CT molecular complexity index is 1360. The average Bonchev–Trinajstić information content (AvgIpc) is 3.26. The second kappa shape index (κ2) is 11.4. The largest absolute Gasteiger partial charge is 0.493 e. The van der Waals surface area contributed by atoms with E-state index < -0.39 is 0 Å². The fraction of sp³-hybridized carbons (Fsp3) is 0.0800. The van der Waals surface area contributed by atoms with Crippen molar-refractivity contribution in [1.82, 2.24) is 4.98 Å². The molecule has 0 spiro atoms. The monoisotopic (exact) mass is 570 g/mol. The highest BCUT2D eigenvalue weighted by molar-refractivity contribution is 9.10. The highest BCUT2D eigenvalue weighted by Gasteiger charge is 2.17. The first kappa shape index (κ1) is 24.7. The third kappa shape index (κ3) is 6.00. The van der Waals surface area contributed by atoms with Crippen LogP contribution in [0.15, 0.2) is 76.3 Å². The number of amides is 1. The van der Waals surface area contributed by atoms with Gasteiger partial charge in [0.05, 0.1) is 20.4 Å². The molecule has 1 heterocycles. The van der Waals surface area contributed by atoms with Crippen LogP contribution in [0.4, 0.5) is 10.1 Å². The summed E-state index contributed by atoms with van der Waals surface area (Å²) in [6, 6.07) is 19.9. The zero-order valence-electron chi connectivity index (χ0n) is 18.7. The standard InChI is InChI=1S/C25H20BrClN4O3S/c1-33-20-5-3-4-17(22(20)34-2)14-28-31-25-29-21(15-8-12-19(27)13-9-15)24(35-25)30-23(32)16-6-10-18(26)11-7-16/h3-14H,1-2H3,(H,29,31)(H,30,32). The van der Waals surface area contributed by atoms with Gasteiger partial charge in [-0.05, 0) is 48.5 Å². The SMILES string of the molecule is COc1cccc(C=NNc2nc(-c3ccc(Cl)cc3)c(NC(=O)c3ccc(Br)cc3)s2)c1OC. The van der Waals surface area contributed by atoms with Crippen LogP contribution in [-0.2, 0) is 0 Å². The lowest BCUT2D eigenvalue weighted by Crippen LogP contribution is -2.11. The number of hydrazone groups is 1. The topological polar surface area (TPSA) is 84.8 Å². The lowest BCUT2D eigenvalue weighted by Gasteiger charge is -2.09. The number of hydrogen-bond donors (Lipinski definition) is 2. The molecule has 35 heavy (non-hydrogen) atoms. The first-order valence-electron chi connectivity index (χ1n) is 10.3. The van der Waals surface area contributed by atoms with Gasteiger partial charge in [0, 0.05) is 26.2 Å². The fourth-order valence-electron chi connectivity index (χ4n) is 3.20. The van der Waals surface area contributed by atoms with Crippen LogP contribution in [-0.4, -0.2) is 31.3 Å². The number of methoxy groups -OCH3 is 2. The Hall–Kier alpha value is -3.40. The van der Waals surface area contributed by atoms with Crippen LogP contribution in [0.25, 0.3) is 11.3 Å². The molecule has 7 nitrogen and oxygen atoms in total. The molecule has 1 amide bonds. The summed E-state index contributed by atoms with van der Waals surface area (Å²) >= 11 is 10.7. The molecule has 0 bridgehead atoms. The van der Waals surface area contributed by atoms with Gasteiger partial charge in [-0.1, -0.05) is 57.1 Å². The number of ether oxygens (including phenoxy) is 2. The summed E-state index contributed by atoms with van der Waals surface area (Å²) in [5.41, 5.74) is 5.62. The Labute approximate surface area is 219 Å². The number of rotatable bonds is 8. The number of para-hydroxylation sites is 1. The minimum Gasteiger partial charge on any atom is -0.493 e. The first-order valence-corrected chi connectivity index (χ1v) is 12.3. The first-order chi connectivity index (χ1) is 17.0. The van der Waals surface area contributed by atoms with Crippen LogP contribution < -0.4 is 20.2 Å². The van der Waals surface area contributed by atoms with Gasteiger partial charge in [-0.3, -0.25) is 10.2 Å². The summed E-state index contributed by atoms with van der Waals surface area (Å²) in [6.07, 6.45) is 1.62. The van der Waals surface area contributed by atoms with E-state index in [-0.39, 0.29) is 5.91 Å². The van der Waals surface area contributed by atoms with E-state index in [1.807, 2.05) is 42.5 Å². The molecule has 2 N–H and O–H groups in total. The van der Waals surface area contributed by atoms with Crippen molar-refractivity contribution in [3.8, 4) is 22.8 Å². The van der Waals surface area contributed by atoms with Crippen LogP contribution in [0.1, 0.15) is 15.9 Å². The molecule has 0 atom stereocenters. The normalized spacial score (nSPS) is 10.9. The fourth-order valence-corrected chi connectivity index (χ4v) is 4.43. The highest BCUT2D eigenvalue weighted by atomic mass is 79.9. The Kier molecular flexibility index (Phi) is 8.02. The summed E-state index contributed by atoms with van der Waals surface area (Å²) < 4.78 is 11.7. The summed E-state index contributed by atoms with van der Waals surface area (Å²) in [4.78, 5) is 17.5. The maximum absolute atomic E-state index is 12.9. The number of carbonyl (C=O) groups is 1. The number of carbonyl (C=O) groups excluding carboxylic acids is 1. The van der Waals surface area contributed by atoms with E-state index in [0.717, 1.165) is 15.6 Å². The van der Waals surface area contributed by atoms with Crippen LogP contribution in [0.2, 0.25) is 5.02 Å². The summed E-state index contributed by atoms with van der Waals surface area (Å²) in [7, 11) is 3.15. The maximum atomic E-state index is 12.9. The maximum Gasteiger partial charge on any atom is 0.256 e. The Balaban J connectivity index is 1.61. The van der Waals surface area contributed by atoms with Crippen molar-refractivity contribution < 1.29 is 14.3 Å². The molecule has 4 rings (SSSR count). The minimum atomic E-state index is -0.243. The molecule has 0 saturated carbocycles. The van der Waals surface area contributed by atoms with Crippen molar-refractivity contribution in [1.29, 1.82) is 0 Å². The molecule has 178 valence electrons. The van der Waals surface area contributed by atoms with Crippen molar-refractivity contribution >= 4 is 61.1 Å². The second-order valence-corrected chi connectivity index (χ2v) is 9.47. The van der Waals surface area contributed by atoms with E-state index in [4.69, 9.17) is 21.1 Å². The van der Waals surface area contributed by atoms with E-state index in [0.29, 0.717) is 37.9 Å². The highest BCUT2D eigenvalue weighted by Crippen LogP contribution is 2.37. The van der Waals surface area contributed by atoms with Gasteiger partial charge in [0.2, 0.25) is 5.13 Å². The Morgan fingerprint density at radius 2 is 1.80 bits per heavy atom. The van der Waals surface area contributed by atoms with Crippen molar-refractivity contribution in [2.24, 2.45) is 5.10 Å². The molecular weight excluding hydrogens is 552 g/mol. The van der Waals surface area contributed by atoms with E-state index in [1.54, 1.807) is 44.7 Å². The lowest BCUT2D eigenvalue weighted by molar-refractivity contribution is 0.102. The quantitative estimate of drug-likeness (QED) is 0.177. The molecule has 10 heteroatoms. The number of hydrogen-bond acceptors (Lipinski definition) is 7. The zero-order chi connectivity index (χ0) is 24.8. The van der Waals surface area contributed by atoms with Gasteiger partial charge in [-0.25, -0.2) is 4.98 Å². The third-order valence-corrected chi connectivity index (χ3v) is 6.53. The molecule has 0 fully saturated rings. The zero-order valence-corrected chi connectivity index (χ0v) is 21.9. The number of anilines is 2. The van der Waals surface area contributed by atoms with Crippen molar-refractivity contribution in [3.05, 3.63) is 87.4 Å². The van der Waals surface area contributed by atoms with E-state index in [2.05, 4.69) is 36.8 Å². The molecule has 1 aromatic heterocycles. The smallest absolute Gasteiger partial charge is 0.256 e. The van der Waals surface area contributed by atoms with Crippen LogP contribution in [0.5, 0.6) is 11.5 Å². The van der Waals surface area contributed by atoms with Crippen molar-refractivity contribution in [2.75, 3.05) is 25.0 Å². The Morgan fingerprint density at radius 3 is 2.49 bits per heavy atom. The van der Waals surface area contributed by atoms with Crippen LogP contribution in [0, 0.1) is 0 Å². The molecule has 3 aromatic carbocycles. The summed E-state index contributed by atoms with van der Waals surface area (Å²) in [5.74, 6) is 0.935.